The van der Waals surface area contributed by atoms with Gasteiger partial charge in [0.2, 0.25) is 10.0 Å². The van der Waals surface area contributed by atoms with E-state index in [1.54, 1.807) is 12.1 Å². The van der Waals surface area contributed by atoms with Gasteiger partial charge in [-0.25, -0.2) is 13.8 Å². The van der Waals surface area contributed by atoms with E-state index < -0.39 is 22.0 Å². The van der Waals surface area contributed by atoms with Crippen molar-refractivity contribution in [1.82, 2.24) is 9.73 Å². The molecule has 11 heteroatoms. The average Bonchev–Trinajstić information content (AvgIpc) is 3.26. The van der Waals surface area contributed by atoms with Gasteiger partial charge >= 0.3 is 0 Å². The van der Waals surface area contributed by atoms with Crippen LogP contribution in [-0.4, -0.2) is 51.7 Å². The zero-order valence-electron chi connectivity index (χ0n) is 16.8. The molecule has 1 aliphatic rings. The van der Waals surface area contributed by atoms with Crippen molar-refractivity contribution in [2.24, 2.45) is 5.10 Å². The molecular weight excluding hydrogens is 510 g/mol. The number of benzene rings is 2. The highest BCUT2D eigenvalue weighted by atomic mass is 79.9. The molecule has 0 aromatic heterocycles. The number of carbonyl (C=O) groups is 1. The average molecular weight is 531 g/mol. The molecule has 1 atom stereocenters. The van der Waals surface area contributed by atoms with Gasteiger partial charge in [-0.05, 0) is 65.2 Å². The molecule has 0 saturated carbocycles. The van der Waals surface area contributed by atoms with Crippen LogP contribution in [0.25, 0.3) is 0 Å². The number of amides is 1. The van der Waals surface area contributed by atoms with Gasteiger partial charge in [-0.2, -0.15) is 9.41 Å². The second-order valence-corrected chi connectivity index (χ2v) is 9.87. The molecule has 3 rings (SSSR count). The molecule has 2 aromatic carbocycles. The Morgan fingerprint density at radius 1 is 1.23 bits per heavy atom. The lowest BCUT2D eigenvalue weighted by Crippen LogP contribution is -2.44. The number of hydrazone groups is 1. The highest BCUT2D eigenvalue weighted by Gasteiger charge is 2.39. The zero-order valence-corrected chi connectivity index (χ0v) is 20.0. The summed E-state index contributed by atoms with van der Waals surface area (Å²) in [5.41, 5.74) is 3.09. The van der Waals surface area contributed by atoms with E-state index in [2.05, 4.69) is 26.5 Å². The van der Waals surface area contributed by atoms with E-state index in [4.69, 9.17) is 21.1 Å². The number of nitrogens with one attached hydrogen (secondary N) is 1. The summed E-state index contributed by atoms with van der Waals surface area (Å²) in [6.07, 6.45) is 2.43. The first-order valence-electron chi connectivity index (χ1n) is 9.29. The molecule has 1 unspecified atom stereocenters. The first-order valence-corrected chi connectivity index (χ1v) is 11.9. The second kappa shape index (κ2) is 9.99. The van der Waals surface area contributed by atoms with Crippen LogP contribution < -0.4 is 14.9 Å². The van der Waals surface area contributed by atoms with E-state index in [-0.39, 0.29) is 11.4 Å². The number of rotatable bonds is 7. The summed E-state index contributed by atoms with van der Waals surface area (Å²) in [6, 6.07) is 8.45. The van der Waals surface area contributed by atoms with Gasteiger partial charge < -0.3 is 9.47 Å². The minimum atomic E-state index is -3.83. The smallest absolute Gasteiger partial charge is 0.258 e. The van der Waals surface area contributed by atoms with E-state index in [0.29, 0.717) is 39.4 Å². The number of hydrogen-bond donors (Lipinski definition) is 1. The summed E-state index contributed by atoms with van der Waals surface area (Å²) in [6.45, 7) is 0.258. The van der Waals surface area contributed by atoms with Crippen LogP contribution in [0.15, 0.2) is 50.9 Å². The lowest BCUT2D eigenvalue weighted by atomic mass is 10.2. The Bertz CT molecular complexity index is 1090. The molecule has 1 saturated heterocycles. The molecule has 2 aromatic rings. The molecule has 1 amide bonds. The predicted molar refractivity (Wildman–Crippen MR) is 121 cm³/mol. The molecule has 1 heterocycles. The van der Waals surface area contributed by atoms with E-state index in [9.17, 15) is 13.2 Å². The largest absolute Gasteiger partial charge is 0.493 e. The summed E-state index contributed by atoms with van der Waals surface area (Å²) in [5, 5.41) is 4.42. The summed E-state index contributed by atoms with van der Waals surface area (Å²) in [4.78, 5) is 12.8. The van der Waals surface area contributed by atoms with Crippen LogP contribution in [0.4, 0.5) is 0 Å². The highest BCUT2D eigenvalue weighted by molar-refractivity contribution is 9.10. The van der Waals surface area contributed by atoms with Crippen molar-refractivity contribution in [3.05, 3.63) is 51.5 Å². The molecule has 1 aliphatic heterocycles. The molecule has 0 aliphatic carbocycles. The minimum Gasteiger partial charge on any atom is -0.493 e. The zero-order chi connectivity index (χ0) is 22.6. The highest BCUT2D eigenvalue weighted by Crippen LogP contribution is 2.32. The number of hydrogen-bond acceptors (Lipinski definition) is 6. The van der Waals surface area contributed by atoms with Gasteiger partial charge in [-0.15, -0.1) is 0 Å². The Balaban J connectivity index is 1.73. The van der Waals surface area contributed by atoms with Crippen LogP contribution in [0.5, 0.6) is 11.5 Å². The van der Waals surface area contributed by atoms with Gasteiger partial charge in [0, 0.05) is 21.6 Å². The lowest BCUT2D eigenvalue weighted by molar-refractivity contribution is -0.124. The first-order chi connectivity index (χ1) is 14.8. The van der Waals surface area contributed by atoms with Gasteiger partial charge in [0.25, 0.3) is 5.91 Å². The van der Waals surface area contributed by atoms with Crippen molar-refractivity contribution in [2.45, 2.75) is 23.8 Å². The summed E-state index contributed by atoms with van der Waals surface area (Å²) in [5.74, 6) is 0.557. The Hall–Kier alpha value is -2.14. The molecule has 1 fully saturated rings. The molecule has 8 nitrogen and oxygen atoms in total. The maximum atomic E-state index is 13.0. The molecule has 31 heavy (non-hydrogen) atoms. The maximum Gasteiger partial charge on any atom is 0.258 e. The molecule has 0 bridgehead atoms. The fourth-order valence-electron chi connectivity index (χ4n) is 3.24. The van der Waals surface area contributed by atoms with Crippen molar-refractivity contribution < 1.29 is 22.7 Å². The lowest BCUT2D eigenvalue weighted by Gasteiger charge is -2.22. The van der Waals surface area contributed by atoms with E-state index in [0.717, 1.165) is 0 Å². The monoisotopic (exact) mass is 529 g/mol. The van der Waals surface area contributed by atoms with Gasteiger partial charge in [-0.1, -0.05) is 11.6 Å². The normalized spacial score (nSPS) is 17.1. The van der Waals surface area contributed by atoms with Crippen molar-refractivity contribution >= 4 is 49.7 Å². The quantitative estimate of drug-likeness (QED) is 0.437. The SMILES string of the molecule is COc1cc(Br)c(/C=N\NC(=O)C2CCCN2S(=O)(=O)c2ccc(Cl)cc2)cc1OC. The van der Waals surface area contributed by atoms with Gasteiger partial charge in [0.15, 0.2) is 11.5 Å². The van der Waals surface area contributed by atoms with E-state index >= 15 is 0 Å². The first kappa shape index (κ1) is 23.5. The summed E-state index contributed by atoms with van der Waals surface area (Å²) >= 11 is 9.26. The number of sulfonamides is 1. The van der Waals surface area contributed by atoms with Gasteiger partial charge in [0.05, 0.1) is 25.3 Å². The number of halogens is 2. The molecule has 1 N–H and O–H groups in total. The van der Waals surface area contributed by atoms with E-state index in [1.165, 1.54) is 49.0 Å². The summed E-state index contributed by atoms with van der Waals surface area (Å²) < 4.78 is 38.3. The fraction of sp³-hybridized carbons (Fsp3) is 0.300. The number of carbonyl (C=O) groups excluding carboxylic acids is 1. The molecule has 0 spiro atoms. The van der Waals surface area contributed by atoms with Crippen LogP contribution in [0.2, 0.25) is 5.02 Å². The van der Waals surface area contributed by atoms with Crippen molar-refractivity contribution in [3.63, 3.8) is 0 Å². The Kier molecular flexibility index (Phi) is 7.58. The third-order valence-electron chi connectivity index (χ3n) is 4.81. The summed E-state index contributed by atoms with van der Waals surface area (Å²) in [7, 11) is -0.777. The standard InChI is InChI=1S/C20H21BrClN3O5S/c1-29-18-10-13(16(21)11-19(18)30-2)12-23-24-20(26)17-4-3-9-25(17)31(27,28)15-7-5-14(22)6-8-15/h5-8,10-12,17H,3-4,9H2,1-2H3,(H,24,26)/b23-12-. The number of methoxy groups -OCH3 is 2. The van der Waals surface area contributed by atoms with Gasteiger partial charge in [0.1, 0.15) is 6.04 Å². The van der Waals surface area contributed by atoms with E-state index in [1.807, 2.05) is 0 Å². The maximum absolute atomic E-state index is 13.0. The minimum absolute atomic E-state index is 0.0920. The Morgan fingerprint density at radius 2 is 1.87 bits per heavy atom. The van der Waals surface area contributed by atoms with Crippen LogP contribution in [-0.2, 0) is 14.8 Å². The van der Waals surface area contributed by atoms with Crippen molar-refractivity contribution in [3.8, 4) is 11.5 Å². The molecule has 0 radical (unpaired) electrons. The Morgan fingerprint density at radius 3 is 2.52 bits per heavy atom. The van der Waals surface area contributed by atoms with Gasteiger partial charge in [-0.3, -0.25) is 4.79 Å². The Labute approximate surface area is 194 Å². The second-order valence-electron chi connectivity index (χ2n) is 6.69. The number of ether oxygens (including phenoxy) is 2. The predicted octanol–water partition coefficient (Wildman–Crippen LogP) is 3.42. The fourth-order valence-corrected chi connectivity index (χ4v) is 5.45. The number of nitrogens with zero attached hydrogens (tertiary/aromatic N) is 2. The van der Waals surface area contributed by atoms with Crippen LogP contribution in [0, 0.1) is 0 Å². The third-order valence-corrected chi connectivity index (χ3v) is 7.67. The topological polar surface area (TPSA) is 97.3 Å². The van der Waals surface area contributed by atoms with Crippen molar-refractivity contribution in [1.29, 1.82) is 0 Å². The molecular formula is C20H21BrClN3O5S. The van der Waals surface area contributed by atoms with Crippen LogP contribution in [0.1, 0.15) is 18.4 Å². The van der Waals surface area contributed by atoms with Crippen molar-refractivity contribution in [2.75, 3.05) is 20.8 Å². The molecule has 166 valence electrons. The van der Waals surface area contributed by atoms with Crippen LogP contribution in [0.3, 0.4) is 0 Å². The van der Waals surface area contributed by atoms with Crippen LogP contribution >= 0.6 is 27.5 Å². The third kappa shape index (κ3) is 5.20.